The Labute approximate surface area is 134 Å². The molecule has 1 aliphatic rings. The molecule has 0 fully saturated rings. The molecule has 3 aromatic rings. The van der Waals surface area contributed by atoms with E-state index >= 15 is 0 Å². The van der Waals surface area contributed by atoms with Gasteiger partial charge < -0.3 is 4.98 Å². The second-order valence-corrected chi connectivity index (χ2v) is 7.67. The first-order chi connectivity index (χ1) is 10.7. The molecule has 114 valence electrons. The van der Waals surface area contributed by atoms with Crippen molar-refractivity contribution < 1.29 is 0 Å². The van der Waals surface area contributed by atoms with Gasteiger partial charge in [0.1, 0.15) is 17.0 Å². The van der Waals surface area contributed by atoms with E-state index in [4.69, 9.17) is 0 Å². The summed E-state index contributed by atoms with van der Waals surface area (Å²) in [6.07, 6.45) is 4.68. The number of nitrogens with zero attached hydrogens (tertiary/aromatic N) is 3. The number of thioether (sulfide) groups is 1. The molecule has 6 nitrogen and oxygen atoms in total. The summed E-state index contributed by atoms with van der Waals surface area (Å²) in [5.74, 6) is 1.95. The fraction of sp³-hybridized carbons (Fsp3) is 0.429. The fourth-order valence-corrected chi connectivity index (χ4v) is 4.91. The molecule has 0 saturated heterocycles. The Morgan fingerprint density at radius 1 is 1.50 bits per heavy atom. The minimum atomic E-state index is -0.00905. The van der Waals surface area contributed by atoms with E-state index in [9.17, 15) is 4.79 Å². The van der Waals surface area contributed by atoms with Crippen LogP contribution >= 0.6 is 23.1 Å². The summed E-state index contributed by atoms with van der Waals surface area (Å²) in [5, 5.41) is 8.12. The highest BCUT2D eigenvalue weighted by Gasteiger charge is 2.22. The number of thiophene rings is 1. The number of aryl methyl sites for hydroxylation is 1. The van der Waals surface area contributed by atoms with Crippen LogP contribution in [0.15, 0.2) is 16.3 Å². The highest BCUT2D eigenvalue weighted by molar-refractivity contribution is 7.98. The zero-order valence-electron chi connectivity index (χ0n) is 12.0. The minimum Gasteiger partial charge on any atom is -0.309 e. The predicted octanol–water partition coefficient (Wildman–Crippen LogP) is 2.52. The Kier molecular flexibility index (Phi) is 3.50. The molecule has 0 unspecified atom stereocenters. The maximum Gasteiger partial charge on any atom is 0.259 e. The quantitative estimate of drug-likeness (QED) is 0.719. The Balaban J connectivity index is 1.69. The number of aromatic nitrogens is 5. The lowest BCUT2D eigenvalue weighted by Crippen LogP contribution is -2.14. The normalized spacial score (nSPS) is 17.8. The third-order valence-corrected chi connectivity index (χ3v) is 5.99. The molecule has 3 aromatic heterocycles. The predicted molar refractivity (Wildman–Crippen MR) is 87.4 cm³/mol. The van der Waals surface area contributed by atoms with Crippen molar-refractivity contribution >= 4 is 33.3 Å². The third kappa shape index (κ3) is 2.46. The molecule has 0 bridgehead atoms. The summed E-state index contributed by atoms with van der Waals surface area (Å²) in [4.78, 5) is 26.3. The van der Waals surface area contributed by atoms with Gasteiger partial charge in [-0.25, -0.2) is 9.97 Å². The Bertz CT molecular complexity index is 867. The van der Waals surface area contributed by atoms with Crippen molar-refractivity contribution in [3.63, 3.8) is 0 Å². The van der Waals surface area contributed by atoms with Crippen molar-refractivity contribution in [2.45, 2.75) is 37.1 Å². The third-order valence-electron chi connectivity index (χ3n) is 3.95. The number of H-pyrrole nitrogens is 2. The van der Waals surface area contributed by atoms with Gasteiger partial charge in [-0.2, -0.15) is 5.10 Å². The van der Waals surface area contributed by atoms with Gasteiger partial charge in [0.2, 0.25) is 0 Å². The molecule has 0 spiro atoms. The van der Waals surface area contributed by atoms with Crippen molar-refractivity contribution in [2.24, 2.45) is 5.92 Å². The molecule has 3 heterocycles. The Morgan fingerprint density at radius 3 is 3.23 bits per heavy atom. The molecule has 0 aliphatic heterocycles. The van der Waals surface area contributed by atoms with Crippen LogP contribution in [0.25, 0.3) is 10.2 Å². The topological polar surface area (TPSA) is 87.3 Å². The number of aromatic amines is 2. The standard InChI is InChI=1S/C14H15N5OS2/c1-7-2-3-8-9(4-7)22-13-11(8)12(20)17-10(18-13)5-21-14-15-6-16-19-14/h6-7H,2-5H2,1H3,(H,15,16,19)(H,17,18,20)/t7-/m0/s1. The second kappa shape index (κ2) is 5.51. The van der Waals surface area contributed by atoms with Gasteiger partial charge in [-0.05, 0) is 30.7 Å². The molecule has 8 heteroatoms. The smallest absolute Gasteiger partial charge is 0.259 e. The zero-order chi connectivity index (χ0) is 15.1. The molecule has 0 amide bonds. The van der Waals surface area contributed by atoms with Gasteiger partial charge >= 0.3 is 0 Å². The minimum absolute atomic E-state index is 0.00905. The van der Waals surface area contributed by atoms with Gasteiger partial charge in [0, 0.05) is 4.88 Å². The lowest BCUT2D eigenvalue weighted by Gasteiger charge is -2.17. The average Bonchev–Trinajstić information content (AvgIpc) is 3.11. The van der Waals surface area contributed by atoms with Crippen molar-refractivity contribution in [1.29, 1.82) is 0 Å². The van der Waals surface area contributed by atoms with Crippen LogP contribution in [0.2, 0.25) is 0 Å². The lowest BCUT2D eigenvalue weighted by atomic mass is 9.89. The molecule has 4 rings (SSSR count). The summed E-state index contributed by atoms with van der Waals surface area (Å²) < 4.78 is 0. The first kappa shape index (κ1) is 14.0. The molecule has 0 saturated carbocycles. The molecular weight excluding hydrogens is 318 g/mol. The first-order valence-corrected chi connectivity index (χ1v) is 9.02. The highest BCUT2D eigenvalue weighted by Crippen LogP contribution is 2.35. The van der Waals surface area contributed by atoms with Gasteiger partial charge in [-0.1, -0.05) is 18.7 Å². The van der Waals surface area contributed by atoms with E-state index in [-0.39, 0.29) is 5.56 Å². The van der Waals surface area contributed by atoms with Crippen LogP contribution in [0.4, 0.5) is 0 Å². The maximum absolute atomic E-state index is 12.4. The first-order valence-electron chi connectivity index (χ1n) is 7.22. The van der Waals surface area contributed by atoms with Gasteiger partial charge in [0.25, 0.3) is 5.56 Å². The van der Waals surface area contributed by atoms with E-state index in [0.717, 1.165) is 34.6 Å². The largest absolute Gasteiger partial charge is 0.309 e. The monoisotopic (exact) mass is 333 g/mol. The van der Waals surface area contributed by atoms with E-state index in [0.29, 0.717) is 17.5 Å². The fourth-order valence-electron chi connectivity index (χ4n) is 2.86. The van der Waals surface area contributed by atoms with Crippen molar-refractivity contribution in [2.75, 3.05) is 0 Å². The van der Waals surface area contributed by atoms with Crippen LogP contribution in [0.1, 0.15) is 29.6 Å². The highest BCUT2D eigenvalue weighted by atomic mass is 32.2. The van der Waals surface area contributed by atoms with Gasteiger partial charge in [0.15, 0.2) is 5.16 Å². The molecular formula is C14H15N5OS2. The van der Waals surface area contributed by atoms with E-state index in [1.54, 1.807) is 11.3 Å². The summed E-state index contributed by atoms with van der Waals surface area (Å²) in [5.41, 5.74) is 1.21. The van der Waals surface area contributed by atoms with Crippen molar-refractivity contribution in [1.82, 2.24) is 25.1 Å². The Morgan fingerprint density at radius 2 is 2.41 bits per heavy atom. The SMILES string of the molecule is C[C@H]1CCc2c(sc3nc(CSc4ncn[nH]4)[nH]c(=O)c23)C1. The molecule has 0 radical (unpaired) electrons. The van der Waals surface area contributed by atoms with Crippen LogP contribution < -0.4 is 5.56 Å². The number of fused-ring (bicyclic) bond motifs is 3. The van der Waals surface area contributed by atoms with E-state index in [1.165, 1.54) is 28.5 Å². The molecule has 22 heavy (non-hydrogen) atoms. The average molecular weight is 333 g/mol. The summed E-state index contributed by atoms with van der Waals surface area (Å²) in [6.45, 7) is 2.27. The molecule has 1 aliphatic carbocycles. The summed E-state index contributed by atoms with van der Waals surface area (Å²) >= 11 is 3.15. The van der Waals surface area contributed by atoms with Crippen LogP contribution in [0, 0.1) is 5.92 Å². The lowest BCUT2D eigenvalue weighted by molar-refractivity contribution is 0.509. The van der Waals surface area contributed by atoms with Crippen LogP contribution in [0.5, 0.6) is 0 Å². The van der Waals surface area contributed by atoms with Crippen molar-refractivity contribution in [3.05, 3.63) is 32.9 Å². The van der Waals surface area contributed by atoms with Gasteiger partial charge in [0.05, 0.1) is 11.1 Å². The maximum atomic E-state index is 12.4. The van der Waals surface area contributed by atoms with Crippen LogP contribution in [-0.4, -0.2) is 25.1 Å². The van der Waals surface area contributed by atoms with E-state index in [1.807, 2.05) is 0 Å². The summed E-state index contributed by atoms with van der Waals surface area (Å²) in [6, 6.07) is 0. The molecule has 0 aromatic carbocycles. The Hall–Kier alpha value is -1.67. The molecule has 1 atom stereocenters. The van der Waals surface area contributed by atoms with E-state index in [2.05, 4.69) is 32.1 Å². The molecule has 2 N–H and O–H groups in total. The zero-order valence-corrected chi connectivity index (χ0v) is 13.7. The number of rotatable bonds is 3. The van der Waals surface area contributed by atoms with Gasteiger partial charge in [-0.15, -0.1) is 11.3 Å². The van der Waals surface area contributed by atoms with Crippen LogP contribution in [0.3, 0.4) is 0 Å². The van der Waals surface area contributed by atoms with Gasteiger partial charge in [-0.3, -0.25) is 9.89 Å². The van der Waals surface area contributed by atoms with Crippen LogP contribution in [-0.2, 0) is 18.6 Å². The number of nitrogens with one attached hydrogen (secondary N) is 2. The summed E-state index contributed by atoms with van der Waals surface area (Å²) in [7, 11) is 0. The van der Waals surface area contributed by atoms with E-state index < -0.39 is 0 Å². The van der Waals surface area contributed by atoms with Crippen molar-refractivity contribution in [3.8, 4) is 0 Å². The number of hydrogen-bond donors (Lipinski definition) is 2. The second-order valence-electron chi connectivity index (χ2n) is 5.62. The number of hydrogen-bond acceptors (Lipinski definition) is 6.